The van der Waals surface area contributed by atoms with Crippen LogP contribution in [0.15, 0.2) is 30.5 Å². The summed E-state index contributed by atoms with van der Waals surface area (Å²) in [5.74, 6) is -0.978. The average Bonchev–Trinajstić information content (AvgIpc) is 2.38. The molecule has 1 heterocycles. The Labute approximate surface area is 114 Å². The minimum Gasteiger partial charge on any atom is -0.398 e. The molecule has 98 valence electrons. The SMILES string of the molecule is Cc1c(N)cc(C(=O)Nc2ccc(Cl)nc2)cc1F. The Morgan fingerprint density at radius 3 is 2.74 bits per heavy atom. The van der Waals surface area contributed by atoms with Crippen molar-refractivity contribution in [2.75, 3.05) is 11.1 Å². The largest absolute Gasteiger partial charge is 0.398 e. The van der Waals surface area contributed by atoms with E-state index in [1.54, 1.807) is 19.1 Å². The van der Waals surface area contributed by atoms with Crippen LogP contribution in [0, 0.1) is 12.7 Å². The van der Waals surface area contributed by atoms with Crippen molar-refractivity contribution in [3.8, 4) is 0 Å². The van der Waals surface area contributed by atoms with Crippen LogP contribution >= 0.6 is 11.6 Å². The summed E-state index contributed by atoms with van der Waals surface area (Å²) in [7, 11) is 0. The maximum absolute atomic E-state index is 13.5. The van der Waals surface area contributed by atoms with E-state index in [1.807, 2.05) is 0 Å². The number of carbonyl (C=O) groups is 1. The second kappa shape index (κ2) is 5.24. The number of anilines is 2. The molecule has 0 saturated carbocycles. The third-order valence-electron chi connectivity index (χ3n) is 2.63. The van der Waals surface area contributed by atoms with E-state index in [4.69, 9.17) is 17.3 Å². The molecule has 0 aliphatic heterocycles. The van der Waals surface area contributed by atoms with Crippen LogP contribution in [-0.2, 0) is 0 Å². The van der Waals surface area contributed by atoms with E-state index in [0.717, 1.165) is 6.07 Å². The third kappa shape index (κ3) is 3.00. The van der Waals surface area contributed by atoms with E-state index in [9.17, 15) is 9.18 Å². The molecular formula is C13H11ClFN3O. The van der Waals surface area contributed by atoms with Crippen molar-refractivity contribution in [2.45, 2.75) is 6.92 Å². The Morgan fingerprint density at radius 2 is 2.16 bits per heavy atom. The minimum atomic E-state index is -0.514. The van der Waals surface area contributed by atoms with E-state index in [2.05, 4.69) is 10.3 Å². The lowest BCUT2D eigenvalue weighted by molar-refractivity contribution is 0.102. The van der Waals surface area contributed by atoms with Gasteiger partial charge in [0.2, 0.25) is 0 Å². The second-order valence-electron chi connectivity index (χ2n) is 4.00. The highest BCUT2D eigenvalue weighted by Gasteiger charge is 2.11. The van der Waals surface area contributed by atoms with Crippen LogP contribution in [-0.4, -0.2) is 10.9 Å². The molecule has 0 radical (unpaired) electrons. The van der Waals surface area contributed by atoms with Gasteiger partial charge in [-0.05, 0) is 31.2 Å². The van der Waals surface area contributed by atoms with Gasteiger partial charge in [-0.1, -0.05) is 11.6 Å². The molecule has 0 aliphatic carbocycles. The molecule has 6 heteroatoms. The van der Waals surface area contributed by atoms with Crippen LogP contribution in [0.4, 0.5) is 15.8 Å². The van der Waals surface area contributed by atoms with E-state index < -0.39 is 11.7 Å². The summed E-state index contributed by atoms with van der Waals surface area (Å²) in [5.41, 5.74) is 6.80. The maximum atomic E-state index is 13.5. The van der Waals surface area contributed by atoms with Gasteiger partial charge in [-0.25, -0.2) is 9.37 Å². The monoisotopic (exact) mass is 279 g/mol. The van der Waals surface area contributed by atoms with Crippen LogP contribution in [0.3, 0.4) is 0 Å². The Morgan fingerprint density at radius 1 is 1.42 bits per heavy atom. The van der Waals surface area contributed by atoms with Gasteiger partial charge in [0, 0.05) is 16.8 Å². The van der Waals surface area contributed by atoms with E-state index in [-0.39, 0.29) is 11.3 Å². The fourth-order valence-corrected chi connectivity index (χ4v) is 1.60. The third-order valence-corrected chi connectivity index (χ3v) is 2.86. The first kappa shape index (κ1) is 13.3. The number of nitrogens with zero attached hydrogens (tertiary/aromatic N) is 1. The van der Waals surface area contributed by atoms with Crippen molar-refractivity contribution in [1.82, 2.24) is 4.98 Å². The first-order valence-electron chi connectivity index (χ1n) is 5.46. The normalized spacial score (nSPS) is 10.3. The Kier molecular flexibility index (Phi) is 3.66. The Bertz CT molecular complexity index is 605. The fourth-order valence-electron chi connectivity index (χ4n) is 1.48. The fraction of sp³-hybridized carbons (Fsp3) is 0.0769. The number of nitrogen functional groups attached to an aromatic ring is 1. The molecule has 3 N–H and O–H groups in total. The van der Waals surface area contributed by atoms with Gasteiger partial charge in [0.25, 0.3) is 5.91 Å². The van der Waals surface area contributed by atoms with Crippen LogP contribution in [0.25, 0.3) is 0 Å². The quantitative estimate of drug-likeness (QED) is 0.656. The molecule has 0 atom stereocenters. The predicted octanol–water partition coefficient (Wildman–Crippen LogP) is 3.02. The molecule has 2 aromatic rings. The second-order valence-corrected chi connectivity index (χ2v) is 4.38. The first-order valence-corrected chi connectivity index (χ1v) is 5.83. The van der Waals surface area contributed by atoms with Crippen molar-refractivity contribution in [3.63, 3.8) is 0 Å². The maximum Gasteiger partial charge on any atom is 0.255 e. The van der Waals surface area contributed by atoms with Gasteiger partial charge >= 0.3 is 0 Å². The molecule has 0 bridgehead atoms. The summed E-state index contributed by atoms with van der Waals surface area (Å²) in [6.07, 6.45) is 1.41. The molecule has 0 unspecified atom stereocenters. The zero-order valence-corrected chi connectivity index (χ0v) is 10.8. The van der Waals surface area contributed by atoms with Gasteiger partial charge in [-0.3, -0.25) is 4.79 Å². The molecule has 2 rings (SSSR count). The van der Waals surface area contributed by atoms with Crippen LogP contribution < -0.4 is 11.1 Å². The van der Waals surface area contributed by atoms with Crippen molar-refractivity contribution >= 4 is 28.9 Å². The number of rotatable bonds is 2. The molecule has 19 heavy (non-hydrogen) atoms. The standard InChI is InChI=1S/C13H11ClFN3O/c1-7-10(15)4-8(5-11(7)16)13(19)18-9-2-3-12(14)17-6-9/h2-6H,16H2,1H3,(H,18,19). The predicted molar refractivity (Wildman–Crippen MR) is 72.7 cm³/mol. The lowest BCUT2D eigenvalue weighted by Gasteiger charge is -2.08. The molecule has 1 aromatic heterocycles. The van der Waals surface area contributed by atoms with Gasteiger partial charge in [0.15, 0.2) is 0 Å². The van der Waals surface area contributed by atoms with Gasteiger partial charge in [-0.15, -0.1) is 0 Å². The molecule has 0 saturated heterocycles. The summed E-state index contributed by atoms with van der Waals surface area (Å²) in [4.78, 5) is 15.7. The summed E-state index contributed by atoms with van der Waals surface area (Å²) in [6.45, 7) is 1.55. The molecule has 0 fully saturated rings. The van der Waals surface area contributed by atoms with Gasteiger partial charge in [0.05, 0.1) is 11.9 Å². The summed E-state index contributed by atoms with van der Waals surface area (Å²) in [5, 5.41) is 2.90. The van der Waals surface area contributed by atoms with Crippen molar-refractivity contribution in [3.05, 3.63) is 52.6 Å². The van der Waals surface area contributed by atoms with Crippen LogP contribution in [0.2, 0.25) is 5.15 Å². The molecule has 1 aromatic carbocycles. The number of pyridine rings is 1. The van der Waals surface area contributed by atoms with Crippen molar-refractivity contribution in [2.24, 2.45) is 0 Å². The van der Waals surface area contributed by atoms with E-state index in [0.29, 0.717) is 16.4 Å². The smallest absolute Gasteiger partial charge is 0.255 e. The van der Waals surface area contributed by atoms with Gasteiger partial charge in [-0.2, -0.15) is 0 Å². The molecular weight excluding hydrogens is 269 g/mol. The lowest BCUT2D eigenvalue weighted by atomic mass is 10.1. The highest BCUT2D eigenvalue weighted by atomic mass is 35.5. The van der Waals surface area contributed by atoms with Crippen LogP contribution in [0.1, 0.15) is 15.9 Å². The Hall–Kier alpha value is -2.14. The van der Waals surface area contributed by atoms with Crippen LogP contribution in [0.5, 0.6) is 0 Å². The van der Waals surface area contributed by atoms with Gasteiger partial charge in [0.1, 0.15) is 11.0 Å². The molecule has 4 nitrogen and oxygen atoms in total. The molecule has 1 amide bonds. The average molecular weight is 280 g/mol. The van der Waals surface area contributed by atoms with Gasteiger partial charge < -0.3 is 11.1 Å². The first-order chi connectivity index (χ1) is 8.97. The number of amides is 1. The highest BCUT2D eigenvalue weighted by molar-refractivity contribution is 6.29. The number of aromatic nitrogens is 1. The van der Waals surface area contributed by atoms with Crippen molar-refractivity contribution in [1.29, 1.82) is 0 Å². The highest BCUT2D eigenvalue weighted by Crippen LogP contribution is 2.19. The summed E-state index contributed by atoms with van der Waals surface area (Å²) in [6, 6.07) is 5.71. The minimum absolute atomic E-state index is 0.149. The number of hydrogen-bond acceptors (Lipinski definition) is 3. The molecule has 0 aliphatic rings. The lowest BCUT2D eigenvalue weighted by Crippen LogP contribution is -2.13. The number of benzene rings is 1. The van der Waals surface area contributed by atoms with E-state index >= 15 is 0 Å². The zero-order valence-electron chi connectivity index (χ0n) is 10.1. The van der Waals surface area contributed by atoms with E-state index in [1.165, 1.54) is 12.3 Å². The topological polar surface area (TPSA) is 68.0 Å². The summed E-state index contributed by atoms with van der Waals surface area (Å²) < 4.78 is 13.5. The number of halogens is 2. The number of carbonyl (C=O) groups excluding carboxylic acids is 1. The van der Waals surface area contributed by atoms with Crippen molar-refractivity contribution < 1.29 is 9.18 Å². The number of nitrogens with one attached hydrogen (secondary N) is 1. The molecule has 0 spiro atoms. The number of nitrogens with two attached hydrogens (primary N) is 1. The number of hydrogen-bond donors (Lipinski definition) is 2. The zero-order chi connectivity index (χ0) is 14.0. The Balaban J connectivity index is 2.23. The summed E-state index contributed by atoms with van der Waals surface area (Å²) >= 11 is 5.63.